The lowest BCUT2D eigenvalue weighted by Crippen LogP contribution is -2.52. The van der Waals surface area contributed by atoms with Crippen molar-refractivity contribution < 1.29 is 18.3 Å². The second kappa shape index (κ2) is 11.0. The number of ether oxygens (including phenoxy) is 1. The minimum atomic E-state index is -0.649. The van der Waals surface area contributed by atoms with Crippen LogP contribution < -0.4 is 11.1 Å². The van der Waals surface area contributed by atoms with Crippen LogP contribution in [0.1, 0.15) is 76.5 Å². The molecule has 2 aromatic rings. The van der Waals surface area contributed by atoms with Crippen LogP contribution in [0.15, 0.2) is 42.5 Å². The van der Waals surface area contributed by atoms with E-state index in [0.717, 1.165) is 31.7 Å². The van der Waals surface area contributed by atoms with Crippen LogP contribution in [-0.2, 0) is 26.9 Å². The van der Waals surface area contributed by atoms with Crippen LogP contribution in [-0.4, -0.2) is 24.7 Å². The zero-order valence-electron chi connectivity index (χ0n) is 20.8. The van der Waals surface area contributed by atoms with Crippen LogP contribution in [0.5, 0.6) is 0 Å². The second-order valence-corrected chi connectivity index (χ2v) is 10.6. The maximum atomic E-state index is 13.7. The lowest BCUT2D eigenvalue weighted by atomic mass is 9.74. The average molecular weight is 473 g/mol. The Kier molecular flexibility index (Phi) is 8.47. The molecule has 4 nitrogen and oxygen atoms in total. The Morgan fingerprint density at radius 2 is 1.74 bits per heavy atom. The van der Waals surface area contributed by atoms with Gasteiger partial charge in [0, 0.05) is 31.1 Å². The van der Waals surface area contributed by atoms with Gasteiger partial charge in [-0.1, -0.05) is 64.3 Å². The molecule has 2 aromatic carbocycles. The molecule has 0 amide bonds. The first-order valence-electron chi connectivity index (χ1n) is 12.2. The average Bonchev–Trinajstić information content (AvgIpc) is 2.76. The van der Waals surface area contributed by atoms with Crippen LogP contribution in [0.4, 0.5) is 8.78 Å². The number of carbonyl (C=O) groups is 1. The molecule has 2 atom stereocenters. The van der Waals surface area contributed by atoms with Crippen molar-refractivity contribution in [3.05, 3.63) is 70.8 Å². The molecule has 1 saturated carbocycles. The first-order chi connectivity index (χ1) is 16.0. The predicted octanol–water partition coefficient (Wildman–Crippen LogP) is 5.51. The molecule has 0 aliphatic heterocycles. The number of nitrogens with one attached hydrogen (secondary N) is 1. The Morgan fingerprint density at radius 3 is 2.32 bits per heavy atom. The minimum absolute atomic E-state index is 0.0364. The smallest absolute Gasteiger partial charge is 0.303 e. The topological polar surface area (TPSA) is 64.3 Å². The maximum Gasteiger partial charge on any atom is 0.303 e. The van der Waals surface area contributed by atoms with Crippen LogP contribution in [0.2, 0.25) is 0 Å². The number of hydrogen-bond acceptors (Lipinski definition) is 4. The summed E-state index contributed by atoms with van der Waals surface area (Å²) in [5, 5.41) is 3.72. The third-order valence-electron chi connectivity index (χ3n) is 6.82. The molecule has 3 N–H and O–H groups in total. The SMILES string of the molecule is CC(=O)OC(CNC1(c2cccc(C(C)(C)C)c2)CCCCC1)C(N)Cc1cc(F)cc(F)c1. The molecule has 3 rings (SSSR count). The largest absolute Gasteiger partial charge is 0.460 e. The van der Waals surface area contributed by atoms with Gasteiger partial charge in [0.1, 0.15) is 17.7 Å². The highest BCUT2D eigenvalue weighted by atomic mass is 19.1. The van der Waals surface area contributed by atoms with E-state index in [1.807, 2.05) is 0 Å². The number of hydrogen-bond donors (Lipinski definition) is 2. The van der Waals surface area contributed by atoms with Gasteiger partial charge in [0.2, 0.25) is 0 Å². The minimum Gasteiger partial charge on any atom is -0.460 e. The van der Waals surface area contributed by atoms with Crippen molar-refractivity contribution in [1.82, 2.24) is 5.32 Å². The summed E-state index contributed by atoms with van der Waals surface area (Å²) in [7, 11) is 0. The first-order valence-corrected chi connectivity index (χ1v) is 12.2. The maximum absolute atomic E-state index is 13.7. The Bertz CT molecular complexity index is 960. The fraction of sp³-hybridized carbons (Fsp3) is 0.536. The van der Waals surface area contributed by atoms with E-state index in [-0.39, 0.29) is 17.4 Å². The Hall–Kier alpha value is -2.31. The zero-order valence-corrected chi connectivity index (χ0v) is 20.8. The van der Waals surface area contributed by atoms with E-state index in [1.54, 1.807) is 0 Å². The highest BCUT2D eigenvalue weighted by Gasteiger charge is 2.36. The van der Waals surface area contributed by atoms with E-state index in [4.69, 9.17) is 10.5 Å². The quantitative estimate of drug-likeness (QED) is 0.497. The lowest BCUT2D eigenvalue weighted by Gasteiger charge is -2.41. The standard InChI is InChI=1S/C28H38F2N2O2/c1-19(33)34-26(25(31)15-20-13-23(29)17-24(30)14-20)18-32-28(11-6-5-7-12-28)22-10-8-9-21(16-22)27(2,3)4/h8-10,13-14,16-17,25-26,32H,5-7,11-12,15,18,31H2,1-4H3. The van der Waals surface area contributed by atoms with E-state index in [9.17, 15) is 13.6 Å². The normalized spacial score (nSPS) is 17.7. The van der Waals surface area contributed by atoms with Gasteiger partial charge in [0.25, 0.3) is 0 Å². The molecule has 1 aliphatic carbocycles. The molecular weight excluding hydrogens is 434 g/mol. The van der Waals surface area contributed by atoms with Gasteiger partial charge in [-0.05, 0) is 53.5 Å². The van der Waals surface area contributed by atoms with Gasteiger partial charge in [-0.2, -0.15) is 0 Å². The van der Waals surface area contributed by atoms with Crippen molar-refractivity contribution in [2.24, 2.45) is 5.73 Å². The van der Waals surface area contributed by atoms with E-state index < -0.39 is 29.7 Å². The molecule has 2 unspecified atom stereocenters. The summed E-state index contributed by atoms with van der Waals surface area (Å²) in [5.74, 6) is -1.73. The van der Waals surface area contributed by atoms with Gasteiger partial charge >= 0.3 is 5.97 Å². The van der Waals surface area contributed by atoms with Crippen molar-refractivity contribution in [1.29, 1.82) is 0 Å². The summed E-state index contributed by atoms with van der Waals surface area (Å²) >= 11 is 0. The molecule has 0 radical (unpaired) electrons. The van der Waals surface area contributed by atoms with E-state index in [2.05, 4.69) is 50.4 Å². The molecule has 186 valence electrons. The molecule has 6 heteroatoms. The van der Waals surface area contributed by atoms with Crippen LogP contribution in [0.25, 0.3) is 0 Å². The Labute approximate surface area is 202 Å². The molecule has 0 heterocycles. The third kappa shape index (κ3) is 6.86. The highest BCUT2D eigenvalue weighted by Crippen LogP contribution is 2.38. The van der Waals surface area contributed by atoms with Gasteiger partial charge in [-0.3, -0.25) is 4.79 Å². The summed E-state index contributed by atoms with van der Waals surface area (Å²) < 4.78 is 32.9. The molecule has 0 spiro atoms. The number of carbonyl (C=O) groups excluding carboxylic acids is 1. The van der Waals surface area contributed by atoms with Crippen LogP contribution in [0.3, 0.4) is 0 Å². The summed E-state index contributed by atoms with van der Waals surface area (Å²) in [5.41, 5.74) is 9.17. The molecule has 0 bridgehead atoms. The molecular formula is C28H38F2N2O2. The molecule has 34 heavy (non-hydrogen) atoms. The highest BCUT2D eigenvalue weighted by molar-refractivity contribution is 5.66. The number of esters is 1. The van der Waals surface area contributed by atoms with Gasteiger partial charge in [-0.15, -0.1) is 0 Å². The summed E-state index contributed by atoms with van der Waals surface area (Å²) in [6, 6.07) is 11.5. The van der Waals surface area contributed by atoms with Crippen molar-refractivity contribution in [2.45, 2.75) is 89.3 Å². The number of halogens is 2. The van der Waals surface area contributed by atoms with Crippen molar-refractivity contribution in [3.8, 4) is 0 Å². The zero-order chi connectivity index (χ0) is 24.9. The Balaban J connectivity index is 1.82. The van der Waals surface area contributed by atoms with Crippen molar-refractivity contribution in [2.75, 3.05) is 6.54 Å². The van der Waals surface area contributed by atoms with Crippen molar-refractivity contribution >= 4 is 5.97 Å². The fourth-order valence-electron chi connectivity index (χ4n) is 4.93. The predicted molar refractivity (Wildman–Crippen MR) is 131 cm³/mol. The van der Waals surface area contributed by atoms with E-state index in [1.165, 1.54) is 36.6 Å². The summed E-state index contributed by atoms with van der Waals surface area (Å²) in [6.07, 6.45) is 4.95. The first kappa shape index (κ1) is 26.3. The van der Waals surface area contributed by atoms with E-state index >= 15 is 0 Å². The van der Waals surface area contributed by atoms with Gasteiger partial charge in [0.15, 0.2) is 0 Å². The fourth-order valence-corrected chi connectivity index (χ4v) is 4.93. The van der Waals surface area contributed by atoms with Crippen LogP contribution in [0, 0.1) is 11.6 Å². The van der Waals surface area contributed by atoms with Gasteiger partial charge in [-0.25, -0.2) is 8.78 Å². The number of nitrogens with two attached hydrogens (primary N) is 1. The van der Waals surface area contributed by atoms with Gasteiger partial charge < -0.3 is 15.8 Å². The van der Waals surface area contributed by atoms with Crippen molar-refractivity contribution in [3.63, 3.8) is 0 Å². The third-order valence-corrected chi connectivity index (χ3v) is 6.82. The number of rotatable bonds is 8. The lowest BCUT2D eigenvalue weighted by molar-refractivity contribution is -0.147. The number of benzene rings is 2. The molecule has 0 saturated heterocycles. The summed E-state index contributed by atoms with van der Waals surface area (Å²) in [6.45, 7) is 8.33. The monoisotopic (exact) mass is 472 g/mol. The summed E-state index contributed by atoms with van der Waals surface area (Å²) in [4.78, 5) is 11.8. The van der Waals surface area contributed by atoms with E-state index in [0.29, 0.717) is 12.1 Å². The molecule has 1 fully saturated rings. The second-order valence-electron chi connectivity index (χ2n) is 10.6. The van der Waals surface area contributed by atoms with Crippen LogP contribution >= 0.6 is 0 Å². The Morgan fingerprint density at radius 1 is 1.09 bits per heavy atom. The molecule has 0 aromatic heterocycles. The molecule has 1 aliphatic rings. The van der Waals surface area contributed by atoms with Gasteiger partial charge in [0.05, 0.1) is 0 Å².